The summed E-state index contributed by atoms with van der Waals surface area (Å²) in [6.07, 6.45) is 1.95. The molecule has 1 aromatic heterocycles. The number of rotatable bonds is 4. The smallest absolute Gasteiger partial charge is 0.0897 e. The Morgan fingerprint density at radius 3 is 2.69 bits per heavy atom. The highest BCUT2D eigenvalue weighted by Crippen LogP contribution is 2.15. The largest absolute Gasteiger partial charge is 0.305 e. The van der Waals surface area contributed by atoms with Gasteiger partial charge in [0.05, 0.1) is 5.01 Å². The summed E-state index contributed by atoms with van der Waals surface area (Å²) in [5.74, 6) is 0. The number of benzene rings is 1. The van der Waals surface area contributed by atoms with Gasteiger partial charge < -0.3 is 5.32 Å². The van der Waals surface area contributed by atoms with E-state index in [1.807, 2.05) is 19.2 Å². The van der Waals surface area contributed by atoms with Gasteiger partial charge in [-0.3, -0.25) is 0 Å². The molecule has 16 heavy (non-hydrogen) atoms. The van der Waals surface area contributed by atoms with E-state index in [4.69, 9.17) is 0 Å². The summed E-state index contributed by atoms with van der Waals surface area (Å²) >= 11 is 1.75. The number of thiazole rings is 1. The number of nitrogens with one attached hydrogen (secondary N) is 1. The molecule has 0 aliphatic rings. The van der Waals surface area contributed by atoms with E-state index >= 15 is 0 Å². The molecule has 0 bridgehead atoms. The van der Waals surface area contributed by atoms with Crippen molar-refractivity contribution >= 4 is 11.3 Å². The van der Waals surface area contributed by atoms with Crippen LogP contribution in [-0.2, 0) is 6.54 Å². The molecule has 0 radical (unpaired) electrons. The van der Waals surface area contributed by atoms with Gasteiger partial charge in [-0.25, -0.2) is 4.98 Å². The number of nitrogens with zero attached hydrogens (tertiary/aromatic N) is 1. The number of hydrogen-bond donors (Lipinski definition) is 1. The van der Waals surface area contributed by atoms with Crippen LogP contribution in [0.25, 0.3) is 0 Å². The van der Waals surface area contributed by atoms with Gasteiger partial charge in [-0.15, -0.1) is 11.3 Å². The van der Waals surface area contributed by atoms with E-state index in [0.717, 1.165) is 11.6 Å². The molecule has 1 atom stereocenters. The molecule has 0 saturated heterocycles. The van der Waals surface area contributed by atoms with E-state index in [2.05, 4.69) is 41.5 Å². The van der Waals surface area contributed by atoms with Crippen LogP contribution in [0.1, 0.15) is 28.4 Å². The normalized spacial score (nSPS) is 12.6. The Balaban J connectivity index is 1.91. The topological polar surface area (TPSA) is 24.9 Å². The number of aromatic nitrogens is 1. The molecule has 2 nitrogen and oxygen atoms in total. The average molecular weight is 232 g/mol. The average Bonchev–Trinajstić information content (AvgIpc) is 2.73. The van der Waals surface area contributed by atoms with E-state index in [-0.39, 0.29) is 0 Å². The fourth-order valence-electron chi connectivity index (χ4n) is 1.60. The maximum Gasteiger partial charge on any atom is 0.0897 e. The van der Waals surface area contributed by atoms with Crippen molar-refractivity contribution in [2.45, 2.75) is 26.4 Å². The lowest BCUT2D eigenvalue weighted by atomic mass is 10.1. The van der Waals surface area contributed by atoms with E-state index < -0.39 is 0 Å². The van der Waals surface area contributed by atoms with Crippen molar-refractivity contribution in [3.05, 3.63) is 52.0 Å². The molecule has 0 amide bonds. The Bertz CT molecular complexity index is 436. The minimum atomic E-state index is 0.378. The van der Waals surface area contributed by atoms with Gasteiger partial charge in [-0.2, -0.15) is 0 Å². The van der Waals surface area contributed by atoms with Crippen LogP contribution >= 0.6 is 11.3 Å². The van der Waals surface area contributed by atoms with Crippen LogP contribution in [0, 0.1) is 6.92 Å². The van der Waals surface area contributed by atoms with Crippen LogP contribution < -0.4 is 5.32 Å². The summed E-state index contributed by atoms with van der Waals surface area (Å²) in [5.41, 5.74) is 1.32. The SMILES string of the molecule is Cc1ncc(CN[C@H](C)c2ccccc2)s1. The Morgan fingerprint density at radius 1 is 1.31 bits per heavy atom. The van der Waals surface area contributed by atoms with Crippen LogP contribution in [0.15, 0.2) is 36.5 Å². The highest BCUT2D eigenvalue weighted by Gasteiger charge is 2.04. The second-order valence-corrected chi connectivity index (χ2v) is 5.18. The van der Waals surface area contributed by atoms with E-state index in [0.29, 0.717) is 6.04 Å². The van der Waals surface area contributed by atoms with Gasteiger partial charge in [0.25, 0.3) is 0 Å². The van der Waals surface area contributed by atoms with E-state index in [1.54, 1.807) is 11.3 Å². The van der Waals surface area contributed by atoms with Gasteiger partial charge >= 0.3 is 0 Å². The molecule has 84 valence electrons. The first-order valence-electron chi connectivity index (χ1n) is 5.45. The highest BCUT2D eigenvalue weighted by atomic mass is 32.1. The Hall–Kier alpha value is -1.19. The Labute approximate surface area is 100 Å². The predicted octanol–water partition coefficient (Wildman–Crippen LogP) is 3.30. The summed E-state index contributed by atoms with van der Waals surface area (Å²) in [6.45, 7) is 5.11. The van der Waals surface area contributed by atoms with Gasteiger partial charge in [0.1, 0.15) is 0 Å². The van der Waals surface area contributed by atoms with Crippen LogP contribution in [-0.4, -0.2) is 4.98 Å². The maximum absolute atomic E-state index is 4.25. The fraction of sp³-hybridized carbons (Fsp3) is 0.308. The van der Waals surface area contributed by atoms with Crippen molar-refractivity contribution < 1.29 is 0 Å². The van der Waals surface area contributed by atoms with E-state index in [9.17, 15) is 0 Å². The van der Waals surface area contributed by atoms with Crippen molar-refractivity contribution in [3.8, 4) is 0 Å². The predicted molar refractivity (Wildman–Crippen MR) is 68.5 cm³/mol. The lowest BCUT2D eigenvalue weighted by Crippen LogP contribution is -2.17. The third-order valence-electron chi connectivity index (χ3n) is 2.55. The summed E-state index contributed by atoms with van der Waals surface area (Å²) < 4.78 is 0. The summed E-state index contributed by atoms with van der Waals surface area (Å²) in [7, 11) is 0. The maximum atomic E-state index is 4.25. The van der Waals surface area contributed by atoms with Crippen LogP contribution in [0.2, 0.25) is 0 Å². The number of hydrogen-bond acceptors (Lipinski definition) is 3. The standard InChI is InChI=1S/C13H16N2S/c1-10(12-6-4-3-5-7-12)14-8-13-9-15-11(2)16-13/h3-7,9-10,14H,8H2,1-2H3/t10-/m1/s1. The molecule has 2 rings (SSSR count). The van der Waals surface area contributed by atoms with Gasteiger partial charge in [0.15, 0.2) is 0 Å². The quantitative estimate of drug-likeness (QED) is 0.875. The van der Waals surface area contributed by atoms with Gasteiger partial charge in [-0.05, 0) is 19.4 Å². The zero-order valence-electron chi connectivity index (χ0n) is 9.60. The first-order chi connectivity index (χ1) is 7.75. The molecule has 0 saturated carbocycles. The molecule has 1 N–H and O–H groups in total. The second-order valence-electron chi connectivity index (χ2n) is 3.86. The molecule has 0 unspecified atom stereocenters. The molecule has 2 aromatic rings. The summed E-state index contributed by atoms with van der Waals surface area (Å²) in [5, 5.41) is 4.63. The third-order valence-corrected chi connectivity index (χ3v) is 3.46. The molecule has 0 spiro atoms. The molecule has 0 aliphatic carbocycles. The van der Waals surface area contributed by atoms with Gasteiger partial charge in [-0.1, -0.05) is 30.3 Å². The summed E-state index contributed by atoms with van der Waals surface area (Å²) in [4.78, 5) is 5.54. The Kier molecular flexibility index (Phi) is 3.70. The van der Waals surface area contributed by atoms with Crippen LogP contribution in [0.4, 0.5) is 0 Å². The molecular formula is C13H16N2S. The molecule has 1 aromatic carbocycles. The molecule has 0 fully saturated rings. The molecule has 0 aliphatic heterocycles. The lowest BCUT2D eigenvalue weighted by Gasteiger charge is -2.12. The third kappa shape index (κ3) is 2.90. The van der Waals surface area contributed by atoms with Crippen molar-refractivity contribution in [2.24, 2.45) is 0 Å². The first kappa shape index (κ1) is 11.3. The van der Waals surface area contributed by atoms with Crippen molar-refractivity contribution in [2.75, 3.05) is 0 Å². The van der Waals surface area contributed by atoms with Crippen molar-refractivity contribution in [1.29, 1.82) is 0 Å². The second kappa shape index (κ2) is 5.23. The van der Waals surface area contributed by atoms with Crippen molar-refractivity contribution in [3.63, 3.8) is 0 Å². The first-order valence-corrected chi connectivity index (χ1v) is 6.27. The minimum Gasteiger partial charge on any atom is -0.305 e. The molecule has 1 heterocycles. The summed E-state index contributed by atoms with van der Waals surface area (Å²) in [6, 6.07) is 10.9. The van der Waals surface area contributed by atoms with Crippen LogP contribution in [0.5, 0.6) is 0 Å². The van der Waals surface area contributed by atoms with Gasteiger partial charge in [0.2, 0.25) is 0 Å². The monoisotopic (exact) mass is 232 g/mol. The van der Waals surface area contributed by atoms with Gasteiger partial charge in [0, 0.05) is 23.7 Å². The fourth-order valence-corrected chi connectivity index (χ4v) is 2.35. The van der Waals surface area contributed by atoms with Crippen molar-refractivity contribution in [1.82, 2.24) is 10.3 Å². The minimum absolute atomic E-state index is 0.378. The molecule has 3 heteroatoms. The number of aryl methyl sites for hydroxylation is 1. The zero-order chi connectivity index (χ0) is 11.4. The lowest BCUT2D eigenvalue weighted by molar-refractivity contribution is 0.578. The zero-order valence-corrected chi connectivity index (χ0v) is 10.4. The van der Waals surface area contributed by atoms with E-state index in [1.165, 1.54) is 10.4 Å². The van der Waals surface area contributed by atoms with Crippen LogP contribution in [0.3, 0.4) is 0 Å². The highest BCUT2D eigenvalue weighted by molar-refractivity contribution is 7.11. The Morgan fingerprint density at radius 2 is 2.06 bits per heavy atom. The molecular weight excluding hydrogens is 216 g/mol.